The van der Waals surface area contributed by atoms with Crippen LogP contribution in [0.15, 0.2) is 65.3 Å². The van der Waals surface area contributed by atoms with E-state index in [-0.39, 0.29) is 11.8 Å². The van der Waals surface area contributed by atoms with Gasteiger partial charge in [0.05, 0.1) is 12.8 Å². The van der Waals surface area contributed by atoms with Gasteiger partial charge >= 0.3 is 0 Å². The molecule has 0 aliphatic carbocycles. The number of amides is 1. The van der Waals surface area contributed by atoms with E-state index in [1.165, 1.54) is 5.56 Å². The normalized spacial score (nSPS) is 12.0. The summed E-state index contributed by atoms with van der Waals surface area (Å²) in [7, 11) is 0. The lowest BCUT2D eigenvalue weighted by Crippen LogP contribution is -2.27. The smallest absolute Gasteiger partial charge is 0.220 e. The van der Waals surface area contributed by atoms with Gasteiger partial charge in [0.1, 0.15) is 11.6 Å². The first-order valence-corrected chi connectivity index (χ1v) is 9.98. The van der Waals surface area contributed by atoms with Crippen molar-refractivity contribution in [3.05, 3.63) is 78.0 Å². The first-order chi connectivity index (χ1) is 14.7. The summed E-state index contributed by atoms with van der Waals surface area (Å²) >= 11 is 0. The number of benzene rings is 1. The van der Waals surface area contributed by atoms with Crippen LogP contribution in [0.25, 0.3) is 5.65 Å². The Kier molecular flexibility index (Phi) is 6.03. The molecular formula is C22H24N6O2. The molecule has 4 aromatic rings. The van der Waals surface area contributed by atoms with Crippen LogP contribution in [0.4, 0.5) is 5.82 Å². The Hall–Kier alpha value is -3.68. The van der Waals surface area contributed by atoms with Crippen molar-refractivity contribution in [1.29, 1.82) is 0 Å². The molecule has 0 aliphatic heterocycles. The van der Waals surface area contributed by atoms with E-state index >= 15 is 0 Å². The lowest BCUT2D eigenvalue weighted by molar-refractivity contribution is -0.121. The fraction of sp³-hybridized carbons (Fsp3) is 0.273. The van der Waals surface area contributed by atoms with Gasteiger partial charge in [-0.1, -0.05) is 37.3 Å². The fourth-order valence-corrected chi connectivity index (χ4v) is 3.15. The van der Waals surface area contributed by atoms with Crippen molar-refractivity contribution < 1.29 is 9.21 Å². The minimum absolute atomic E-state index is 0.0124. The Labute approximate surface area is 174 Å². The number of hydrogen-bond donors (Lipinski definition) is 2. The summed E-state index contributed by atoms with van der Waals surface area (Å²) in [6.07, 6.45) is 2.42. The van der Waals surface area contributed by atoms with E-state index in [1.54, 1.807) is 10.8 Å². The Morgan fingerprint density at radius 2 is 1.97 bits per heavy atom. The minimum atomic E-state index is -0.0124. The zero-order chi connectivity index (χ0) is 20.8. The number of rotatable bonds is 9. The molecular weight excluding hydrogens is 380 g/mol. The van der Waals surface area contributed by atoms with Gasteiger partial charge in [0, 0.05) is 19.4 Å². The molecule has 0 fully saturated rings. The summed E-state index contributed by atoms with van der Waals surface area (Å²) in [5.74, 6) is 2.40. The van der Waals surface area contributed by atoms with Crippen LogP contribution in [0.3, 0.4) is 0 Å². The van der Waals surface area contributed by atoms with Crippen molar-refractivity contribution in [2.45, 2.75) is 32.2 Å². The zero-order valence-electron chi connectivity index (χ0n) is 16.8. The zero-order valence-corrected chi connectivity index (χ0v) is 16.8. The van der Waals surface area contributed by atoms with Crippen molar-refractivity contribution in [3.8, 4) is 0 Å². The molecule has 8 heteroatoms. The van der Waals surface area contributed by atoms with Crippen LogP contribution < -0.4 is 10.6 Å². The summed E-state index contributed by atoms with van der Waals surface area (Å²) in [4.78, 5) is 12.3. The maximum atomic E-state index is 12.3. The monoisotopic (exact) mass is 404 g/mol. The average molecular weight is 404 g/mol. The van der Waals surface area contributed by atoms with Gasteiger partial charge in [-0.2, -0.15) is 4.52 Å². The van der Waals surface area contributed by atoms with Gasteiger partial charge in [-0.05, 0) is 35.7 Å². The highest BCUT2D eigenvalue weighted by Crippen LogP contribution is 2.13. The number of carbonyl (C=O) groups is 1. The summed E-state index contributed by atoms with van der Waals surface area (Å²) in [5, 5.41) is 19.1. The molecule has 0 unspecified atom stereocenters. The molecule has 0 saturated heterocycles. The molecule has 1 atom stereocenters. The summed E-state index contributed by atoms with van der Waals surface area (Å²) in [5.41, 5.74) is 1.85. The van der Waals surface area contributed by atoms with E-state index in [0.29, 0.717) is 43.2 Å². The van der Waals surface area contributed by atoms with Crippen LogP contribution >= 0.6 is 0 Å². The van der Waals surface area contributed by atoms with E-state index in [1.807, 2.05) is 42.5 Å². The number of hydrogen-bond acceptors (Lipinski definition) is 6. The van der Waals surface area contributed by atoms with E-state index in [4.69, 9.17) is 4.42 Å². The van der Waals surface area contributed by atoms with E-state index in [2.05, 4.69) is 45.0 Å². The second-order valence-electron chi connectivity index (χ2n) is 7.15. The Morgan fingerprint density at radius 1 is 1.10 bits per heavy atom. The van der Waals surface area contributed by atoms with Crippen molar-refractivity contribution in [2.75, 3.05) is 11.9 Å². The molecule has 154 valence electrons. The highest BCUT2D eigenvalue weighted by Gasteiger charge is 2.12. The Morgan fingerprint density at radius 3 is 2.77 bits per heavy atom. The fourth-order valence-electron chi connectivity index (χ4n) is 3.15. The van der Waals surface area contributed by atoms with Crippen molar-refractivity contribution >= 4 is 17.4 Å². The predicted molar refractivity (Wildman–Crippen MR) is 113 cm³/mol. The average Bonchev–Trinajstić information content (AvgIpc) is 3.45. The maximum absolute atomic E-state index is 12.3. The number of aromatic nitrogens is 4. The summed E-state index contributed by atoms with van der Waals surface area (Å²) in [6.45, 7) is 3.23. The van der Waals surface area contributed by atoms with Gasteiger partial charge in [0.2, 0.25) is 5.91 Å². The molecule has 0 bridgehead atoms. The van der Waals surface area contributed by atoms with E-state index < -0.39 is 0 Å². The van der Waals surface area contributed by atoms with Crippen molar-refractivity contribution in [1.82, 2.24) is 25.1 Å². The first kappa shape index (κ1) is 19.6. The van der Waals surface area contributed by atoms with E-state index in [9.17, 15) is 4.79 Å². The van der Waals surface area contributed by atoms with Crippen molar-refractivity contribution in [3.63, 3.8) is 0 Å². The lowest BCUT2D eigenvalue weighted by Gasteiger charge is -2.12. The van der Waals surface area contributed by atoms with Crippen LogP contribution in [0, 0.1) is 0 Å². The molecule has 1 aromatic carbocycles. The predicted octanol–water partition coefficient (Wildman–Crippen LogP) is 3.18. The summed E-state index contributed by atoms with van der Waals surface area (Å²) < 4.78 is 6.99. The number of anilines is 1. The second-order valence-corrected chi connectivity index (χ2v) is 7.15. The van der Waals surface area contributed by atoms with Crippen LogP contribution in [-0.2, 0) is 17.8 Å². The highest BCUT2D eigenvalue weighted by atomic mass is 16.3. The Bertz CT molecular complexity index is 1090. The molecule has 0 radical (unpaired) electrons. The van der Waals surface area contributed by atoms with Gasteiger partial charge < -0.3 is 15.1 Å². The van der Waals surface area contributed by atoms with Crippen LogP contribution in [0.5, 0.6) is 0 Å². The standard InChI is InChI=1S/C22H24N6O2/c1-16(17-6-3-2-4-7-17)14-24-22(29)12-11-21-26-25-20-10-9-19(27-28(20)21)23-15-18-8-5-13-30-18/h2-10,13,16H,11-12,14-15H2,1H3,(H,23,27)(H,24,29)/t16-/m0/s1. The molecule has 2 N–H and O–H groups in total. The Balaban J connectivity index is 1.31. The van der Waals surface area contributed by atoms with Crippen LogP contribution in [-0.4, -0.2) is 32.3 Å². The third-order valence-corrected chi connectivity index (χ3v) is 4.90. The highest BCUT2D eigenvalue weighted by molar-refractivity contribution is 5.76. The van der Waals surface area contributed by atoms with Gasteiger partial charge in [0.15, 0.2) is 11.5 Å². The van der Waals surface area contributed by atoms with Crippen LogP contribution in [0.1, 0.15) is 36.4 Å². The topological polar surface area (TPSA) is 97.3 Å². The molecule has 3 aromatic heterocycles. The third kappa shape index (κ3) is 4.83. The SMILES string of the molecule is C[C@@H](CNC(=O)CCc1nnc2ccc(NCc3ccco3)nn12)c1ccccc1. The number of nitrogens with zero attached hydrogens (tertiary/aromatic N) is 4. The first-order valence-electron chi connectivity index (χ1n) is 9.98. The largest absolute Gasteiger partial charge is 0.467 e. The molecule has 1 amide bonds. The van der Waals surface area contributed by atoms with Gasteiger partial charge in [-0.25, -0.2) is 0 Å². The number of aryl methyl sites for hydroxylation is 1. The number of carbonyl (C=O) groups excluding carboxylic acids is 1. The number of fused-ring (bicyclic) bond motifs is 1. The van der Waals surface area contributed by atoms with E-state index in [0.717, 1.165) is 5.76 Å². The van der Waals surface area contributed by atoms with Gasteiger partial charge in [-0.3, -0.25) is 4.79 Å². The molecule has 4 rings (SSSR count). The number of nitrogens with one attached hydrogen (secondary N) is 2. The molecule has 30 heavy (non-hydrogen) atoms. The maximum Gasteiger partial charge on any atom is 0.220 e. The van der Waals surface area contributed by atoms with Gasteiger partial charge in [0.25, 0.3) is 0 Å². The molecule has 0 aliphatic rings. The quantitative estimate of drug-likeness (QED) is 0.445. The molecule has 0 spiro atoms. The number of furan rings is 1. The minimum Gasteiger partial charge on any atom is -0.467 e. The second kappa shape index (κ2) is 9.21. The van der Waals surface area contributed by atoms with Crippen LogP contribution in [0.2, 0.25) is 0 Å². The lowest BCUT2D eigenvalue weighted by atomic mass is 10.0. The third-order valence-electron chi connectivity index (χ3n) is 4.90. The van der Waals surface area contributed by atoms with Crippen molar-refractivity contribution in [2.24, 2.45) is 0 Å². The summed E-state index contributed by atoms with van der Waals surface area (Å²) in [6, 6.07) is 17.6. The molecule has 8 nitrogen and oxygen atoms in total. The molecule has 0 saturated carbocycles. The van der Waals surface area contributed by atoms with Gasteiger partial charge in [-0.15, -0.1) is 15.3 Å². The molecule has 3 heterocycles.